The highest BCUT2D eigenvalue weighted by atomic mass is 16.5. The van der Waals surface area contributed by atoms with E-state index in [4.69, 9.17) is 0 Å². The van der Waals surface area contributed by atoms with Gasteiger partial charge in [0.1, 0.15) is 0 Å². The Kier molecular flexibility index (Phi) is 7.43. The summed E-state index contributed by atoms with van der Waals surface area (Å²) in [7, 11) is 4.44. The number of anilines is 3. The van der Waals surface area contributed by atoms with Gasteiger partial charge in [0, 0.05) is 35.2 Å². The molecule has 0 bridgehead atoms. The normalized spacial score (nSPS) is 25.1. The zero-order valence-corrected chi connectivity index (χ0v) is 23.1. The van der Waals surface area contributed by atoms with Crippen molar-refractivity contribution in [3.05, 3.63) is 0 Å². The summed E-state index contributed by atoms with van der Waals surface area (Å²) >= 11 is 0. The van der Waals surface area contributed by atoms with Crippen molar-refractivity contribution >= 4 is 17.8 Å². The molecule has 9 heteroatoms. The molecule has 0 amide bonds. The summed E-state index contributed by atoms with van der Waals surface area (Å²) in [4.78, 5) is 18.2. The molecule has 2 aliphatic rings. The van der Waals surface area contributed by atoms with E-state index < -0.39 is 0 Å². The van der Waals surface area contributed by atoms with Gasteiger partial charge in [-0.15, -0.1) is 0 Å². The summed E-state index contributed by atoms with van der Waals surface area (Å²) in [6.07, 6.45) is 4.40. The maximum Gasteiger partial charge on any atom is 0.253 e. The van der Waals surface area contributed by atoms with Crippen LogP contribution in [0.2, 0.25) is 0 Å². The summed E-state index contributed by atoms with van der Waals surface area (Å²) in [5.41, 5.74) is 2.62. The number of hydrogen-bond donors (Lipinski definition) is 4. The molecule has 4 N–H and O–H groups in total. The SMILES string of the molecule is CN1C(C)(C)CC(CNc2nc(NO)nc(NCC3CC(C)(C)N(C)C(C)(C)C3)n2)CC1(C)C. The molecular formula is C25H48N8O. The summed E-state index contributed by atoms with van der Waals surface area (Å²) in [5, 5.41) is 16.3. The van der Waals surface area contributed by atoms with E-state index in [1.807, 2.05) is 0 Å². The molecule has 34 heavy (non-hydrogen) atoms. The van der Waals surface area contributed by atoms with Crippen LogP contribution in [0.15, 0.2) is 0 Å². The predicted molar refractivity (Wildman–Crippen MR) is 140 cm³/mol. The maximum absolute atomic E-state index is 9.48. The molecule has 1 aromatic heterocycles. The first-order valence-corrected chi connectivity index (χ1v) is 12.7. The van der Waals surface area contributed by atoms with Crippen molar-refractivity contribution in [3.63, 3.8) is 0 Å². The van der Waals surface area contributed by atoms with Gasteiger partial charge in [-0.3, -0.25) is 15.0 Å². The Morgan fingerprint density at radius 3 is 1.24 bits per heavy atom. The lowest BCUT2D eigenvalue weighted by Crippen LogP contribution is -2.59. The van der Waals surface area contributed by atoms with Crippen LogP contribution < -0.4 is 16.1 Å². The molecule has 0 atom stereocenters. The molecule has 2 fully saturated rings. The molecule has 0 spiro atoms. The third kappa shape index (κ3) is 5.91. The third-order valence-electron chi connectivity index (χ3n) is 8.62. The van der Waals surface area contributed by atoms with Gasteiger partial charge in [0.25, 0.3) is 5.95 Å². The first kappa shape index (κ1) is 26.9. The van der Waals surface area contributed by atoms with Crippen LogP contribution in [0.5, 0.6) is 0 Å². The summed E-state index contributed by atoms with van der Waals surface area (Å²) in [5.74, 6) is 2.11. The Morgan fingerprint density at radius 2 is 0.941 bits per heavy atom. The summed E-state index contributed by atoms with van der Waals surface area (Å²) in [6.45, 7) is 20.1. The molecule has 3 rings (SSSR count). The number of nitrogens with one attached hydrogen (secondary N) is 3. The van der Waals surface area contributed by atoms with E-state index in [0.717, 1.165) is 38.8 Å². The van der Waals surface area contributed by atoms with Crippen molar-refractivity contribution in [2.45, 2.75) is 103 Å². The van der Waals surface area contributed by atoms with Gasteiger partial charge in [-0.05, 0) is 107 Å². The highest BCUT2D eigenvalue weighted by Crippen LogP contribution is 2.41. The monoisotopic (exact) mass is 476 g/mol. The van der Waals surface area contributed by atoms with Gasteiger partial charge in [-0.2, -0.15) is 15.0 Å². The van der Waals surface area contributed by atoms with Crippen LogP contribution in [0.1, 0.15) is 81.1 Å². The Balaban J connectivity index is 1.65. The second kappa shape index (κ2) is 9.39. The molecule has 2 saturated heterocycles. The lowest BCUT2D eigenvalue weighted by molar-refractivity contribution is -0.0270. The van der Waals surface area contributed by atoms with Gasteiger partial charge >= 0.3 is 0 Å². The second-order valence-electron chi connectivity index (χ2n) is 13.1. The van der Waals surface area contributed by atoms with Crippen molar-refractivity contribution in [1.29, 1.82) is 0 Å². The van der Waals surface area contributed by atoms with E-state index in [9.17, 15) is 5.21 Å². The van der Waals surface area contributed by atoms with Crippen molar-refractivity contribution < 1.29 is 5.21 Å². The molecule has 0 saturated carbocycles. The molecule has 0 unspecified atom stereocenters. The first-order valence-electron chi connectivity index (χ1n) is 12.7. The van der Waals surface area contributed by atoms with E-state index in [1.165, 1.54) is 0 Å². The van der Waals surface area contributed by atoms with Crippen LogP contribution in [0, 0.1) is 11.8 Å². The van der Waals surface area contributed by atoms with Gasteiger partial charge < -0.3 is 10.6 Å². The molecule has 2 aliphatic heterocycles. The Hall–Kier alpha value is -1.71. The van der Waals surface area contributed by atoms with E-state index in [0.29, 0.717) is 23.7 Å². The predicted octanol–water partition coefficient (Wildman–Crippen LogP) is 4.29. The fraction of sp³-hybridized carbons (Fsp3) is 0.880. The Bertz CT molecular complexity index is 753. The topological polar surface area (TPSA) is 101 Å². The van der Waals surface area contributed by atoms with Gasteiger partial charge in [0.15, 0.2) is 0 Å². The largest absolute Gasteiger partial charge is 0.354 e. The van der Waals surface area contributed by atoms with E-state index in [2.05, 4.69) is 110 Å². The molecule has 0 radical (unpaired) electrons. The van der Waals surface area contributed by atoms with Gasteiger partial charge in [0.2, 0.25) is 11.9 Å². The minimum Gasteiger partial charge on any atom is -0.354 e. The lowest BCUT2D eigenvalue weighted by atomic mass is 9.74. The maximum atomic E-state index is 9.48. The standard InChI is InChI=1S/C25H48N8O/c1-22(2)11-17(12-23(3,4)32(22)9)15-26-19-28-20(30-21(29-19)31-34)27-16-18-13-24(5,6)33(10)25(7,8)14-18/h17-18,34H,11-16H2,1-10H3,(H3,26,27,28,29,30,31). The van der Waals surface area contributed by atoms with Crippen molar-refractivity contribution in [2.75, 3.05) is 43.3 Å². The average molecular weight is 477 g/mol. The van der Waals surface area contributed by atoms with E-state index >= 15 is 0 Å². The number of nitrogens with zero attached hydrogens (tertiary/aromatic N) is 5. The zero-order chi connectivity index (χ0) is 25.5. The van der Waals surface area contributed by atoms with E-state index in [1.54, 1.807) is 0 Å². The van der Waals surface area contributed by atoms with Crippen molar-refractivity contribution in [1.82, 2.24) is 24.8 Å². The lowest BCUT2D eigenvalue weighted by Gasteiger charge is -2.53. The average Bonchev–Trinajstić information content (AvgIpc) is 2.72. The minimum absolute atomic E-state index is 0.132. The number of likely N-dealkylation sites (tertiary alicyclic amines) is 2. The summed E-state index contributed by atoms with van der Waals surface area (Å²) < 4.78 is 0. The highest BCUT2D eigenvalue weighted by Gasteiger charge is 2.44. The number of piperidine rings is 2. The fourth-order valence-electron chi connectivity index (χ4n) is 6.50. The molecule has 0 aliphatic carbocycles. The number of aromatic nitrogens is 3. The molecule has 9 nitrogen and oxygen atoms in total. The van der Waals surface area contributed by atoms with Gasteiger partial charge in [0.05, 0.1) is 0 Å². The van der Waals surface area contributed by atoms with Crippen LogP contribution in [0.4, 0.5) is 17.8 Å². The van der Waals surface area contributed by atoms with Crippen LogP contribution >= 0.6 is 0 Å². The Labute approximate surface area is 206 Å². The van der Waals surface area contributed by atoms with Crippen LogP contribution in [-0.2, 0) is 0 Å². The molecule has 3 heterocycles. The molecule has 194 valence electrons. The van der Waals surface area contributed by atoms with Crippen molar-refractivity contribution in [2.24, 2.45) is 11.8 Å². The highest BCUT2D eigenvalue weighted by molar-refractivity contribution is 5.41. The molecule has 0 aromatic carbocycles. The number of rotatable bonds is 7. The smallest absolute Gasteiger partial charge is 0.253 e. The zero-order valence-electron chi connectivity index (χ0n) is 23.1. The van der Waals surface area contributed by atoms with Gasteiger partial charge in [-0.25, -0.2) is 5.48 Å². The third-order valence-corrected chi connectivity index (χ3v) is 8.62. The second-order valence-corrected chi connectivity index (χ2v) is 13.1. The number of hydrogen-bond acceptors (Lipinski definition) is 9. The van der Waals surface area contributed by atoms with Crippen molar-refractivity contribution in [3.8, 4) is 0 Å². The van der Waals surface area contributed by atoms with Crippen LogP contribution in [0.3, 0.4) is 0 Å². The van der Waals surface area contributed by atoms with E-state index in [-0.39, 0.29) is 28.1 Å². The van der Waals surface area contributed by atoms with Crippen LogP contribution in [-0.4, -0.2) is 79.3 Å². The fourth-order valence-corrected chi connectivity index (χ4v) is 6.50. The first-order chi connectivity index (χ1) is 15.6. The molecular weight excluding hydrogens is 428 g/mol. The van der Waals surface area contributed by atoms with Crippen LogP contribution in [0.25, 0.3) is 0 Å². The Morgan fingerprint density at radius 1 is 0.647 bits per heavy atom. The molecule has 1 aromatic rings. The quantitative estimate of drug-likeness (QED) is 0.429. The van der Waals surface area contributed by atoms with Gasteiger partial charge in [-0.1, -0.05) is 0 Å². The summed E-state index contributed by atoms with van der Waals surface area (Å²) in [6, 6.07) is 0. The minimum atomic E-state index is 0.132.